The number of imide groups is 1. The number of carbonyl (C=O) groups excluding carboxylic acids is 3. The summed E-state index contributed by atoms with van der Waals surface area (Å²) in [6.07, 6.45) is 0.992. The topological polar surface area (TPSA) is 82.1 Å². The van der Waals surface area contributed by atoms with Crippen molar-refractivity contribution in [2.24, 2.45) is 0 Å². The Morgan fingerprint density at radius 1 is 1.23 bits per heavy atom. The molecule has 1 aliphatic rings. The molecular formula is C15H17NO6. The van der Waals surface area contributed by atoms with Crippen LogP contribution in [0.25, 0.3) is 0 Å². The first-order valence-electron chi connectivity index (χ1n) is 6.79. The van der Waals surface area contributed by atoms with E-state index in [0.717, 1.165) is 4.90 Å². The van der Waals surface area contributed by atoms with Gasteiger partial charge in [0.05, 0.1) is 14.2 Å². The van der Waals surface area contributed by atoms with Gasteiger partial charge >= 0.3 is 5.97 Å². The summed E-state index contributed by atoms with van der Waals surface area (Å²) in [5.41, 5.74) is 0.155. The second kappa shape index (κ2) is 6.93. The molecule has 0 radical (unpaired) electrons. The molecular weight excluding hydrogens is 290 g/mol. The Morgan fingerprint density at radius 3 is 2.59 bits per heavy atom. The standard InChI is InChI=1S/C15H17NO6/c1-20-11-6-3-5-10(14(11)21-2)15(19)22-9-13(18)16-8-4-7-12(16)17/h3,5-6H,4,7-9H2,1-2H3. The quantitative estimate of drug-likeness (QED) is 0.755. The predicted molar refractivity (Wildman–Crippen MR) is 75.8 cm³/mol. The lowest BCUT2D eigenvalue weighted by atomic mass is 10.2. The van der Waals surface area contributed by atoms with Crippen molar-refractivity contribution >= 4 is 17.8 Å². The van der Waals surface area contributed by atoms with Gasteiger partial charge in [0, 0.05) is 13.0 Å². The van der Waals surface area contributed by atoms with E-state index in [1.807, 2.05) is 0 Å². The van der Waals surface area contributed by atoms with Gasteiger partial charge < -0.3 is 14.2 Å². The summed E-state index contributed by atoms with van der Waals surface area (Å²) in [5.74, 6) is -0.842. The van der Waals surface area contributed by atoms with Gasteiger partial charge in [-0.25, -0.2) is 4.79 Å². The van der Waals surface area contributed by atoms with Gasteiger partial charge in [0.1, 0.15) is 5.56 Å². The van der Waals surface area contributed by atoms with Gasteiger partial charge in [0.15, 0.2) is 18.1 Å². The number of likely N-dealkylation sites (tertiary alicyclic amines) is 1. The smallest absolute Gasteiger partial charge is 0.342 e. The molecule has 0 spiro atoms. The second-order valence-electron chi connectivity index (χ2n) is 4.66. The van der Waals surface area contributed by atoms with Crippen LogP contribution < -0.4 is 9.47 Å². The van der Waals surface area contributed by atoms with E-state index in [4.69, 9.17) is 14.2 Å². The Balaban J connectivity index is 2.03. The lowest BCUT2D eigenvalue weighted by molar-refractivity contribution is -0.143. The molecule has 7 heteroatoms. The molecule has 2 amide bonds. The molecule has 118 valence electrons. The minimum atomic E-state index is -0.712. The van der Waals surface area contributed by atoms with Crippen LogP contribution in [0.5, 0.6) is 11.5 Å². The fraction of sp³-hybridized carbons (Fsp3) is 0.400. The molecule has 2 rings (SSSR count). The molecule has 0 saturated carbocycles. The van der Waals surface area contributed by atoms with Crippen molar-refractivity contribution in [3.63, 3.8) is 0 Å². The van der Waals surface area contributed by atoms with Crippen LogP contribution in [-0.2, 0) is 14.3 Å². The molecule has 0 unspecified atom stereocenters. The minimum absolute atomic E-state index is 0.155. The van der Waals surface area contributed by atoms with Crippen molar-refractivity contribution in [3.05, 3.63) is 23.8 Å². The first-order valence-corrected chi connectivity index (χ1v) is 6.79. The van der Waals surface area contributed by atoms with Crippen molar-refractivity contribution in [1.29, 1.82) is 0 Å². The molecule has 0 N–H and O–H groups in total. The predicted octanol–water partition coefficient (Wildman–Crippen LogP) is 1.01. The Kier molecular flexibility index (Phi) is 4.98. The Morgan fingerprint density at radius 2 is 2.00 bits per heavy atom. The van der Waals surface area contributed by atoms with Crippen LogP contribution in [-0.4, -0.2) is 50.1 Å². The van der Waals surface area contributed by atoms with Gasteiger partial charge in [-0.2, -0.15) is 0 Å². The van der Waals surface area contributed by atoms with Gasteiger partial charge in [-0.1, -0.05) is 6.07 Å². The van der Waals surface area contributed by atoms with Crippen LogP contribution in [0.1, 0.15) is 23.2 Å². The number of para-hydroxylation sites is 1. The molecule has 1 heterocycles. The van der Waals surface area contributed by atoms with E-state index < -0.39 is 18.5 Å². The average Bonchev–Trinajstić information content (AvgIpc) is 2.97. The highest BCUT2D eigenvalue weighted by Gasteiger charge is 2.27. The van der Waals surface area contributed by atoms with Crippen molar-refractivity contribution in [2.75, 3.05) is 27.4 Å². The maximum atomic E-state index is 12.1. The summed E-state index contributed by atoms with van der Waals surface area (Å²) in [5, 5.41) is 0. The van der Waals surface area contributed by atoms with Crippen molar-refractivity contribution < 1.29 is 28.6 Å². The summed E-state index contributed by atoms with van der Waals surface area (Å²) < 4.78 is 15.2. The van der Waals surface area contributed by atoms with E-state index >= 15 is 0 Å². The molecule has 0 bridgehead atoms. The zero-order valence-electron chi connectivity index (χ0n) is 12.5. The summed E-state index contributed by atoms with van der Waals surface area (Å²) in [7, 11) is 2.86. The number of hydrogen-bond acceptors (Lipinski definition) is 6. The third-order valence-corrected chi connectivity index (χ3v) is 3.32. The highest BCUT2D eigenvalue weighted by atomic mass is 16.5. The Labute approximate surface area is 127 Å². The summed E-state index contributed by atoms with van der Waals surface area (Å²) >= 11 is 0. The number of ether oxygens (including phenoxy) is 3. The van der Waals surface area contributed by atoms with E-state index in [2.05, 4.69) is 0 Å². The molecule has 0 atom stereocenters. The lowest BCUT2D eigenvalue weighted by Crippen LogP contribution is -2.35. The third-order valence-electron chi connectivity index (χ3n) is 3.32. The molecule has 22 heavy (non-hydrogen) atoms. The van der Waals surface area contributed by atoms with Crippen LogP contribution in [0.2, 0.25) is 0 Å². The molecule has 1 saturated heterocycles. The highest BCUT2D eigenvalue weighted by molar-refractivity contribution is 5.99. The molecule has 0 aromatic heterocycles. The number of esters is 1. The maximum absolute atomic E-state index is 12.1. The first-order chi connectivity index (χ1) is 10.6. The summed E-state index contributed by atoms with van der Waals surface area (Å²) in [6.45, 7) is -0.108. The zero-order valence-corrected chi connectivity index (χ0v) is 12.5. The van der Waals surface area contributed by atoms with Gasteiger partial charge in [-0.3, -0.25) is 14.5 Å². The van der Waals surface area contributed by atoms with E-state index in [1.165, 1.54) is 20.3 Å². The first kappa shape index (κ1) is 15.8. The van der Waals surface area contributed by atoms with E-state index in [9.17, 15) is 14.4 Å². The highest BCUT2D eigenvalue weighted by Crippen LogP contribution is 2.31. The molecule has 7 nitrogen and oxygen atoms in total. The minimum Gasteiger partial charge on any atom is -0.493 e. The lowest BCUT2D eigenvalue weighted by Gasteiger charge is -2.14. The third kappa shape index (κ3) is 3.19. The second-order valence-corrected chi connectivity index (χ2v) is 4.66. The van der Waals surface area contributed by atoms with Crippen LogP contribution in [0.4, 0.5) is 0 Å². The molecule has 1 aliphatic heterocycles. The Hall–Kier alpha value is -2.57. The number of benzene rings is 1. The van der Waals surface area contributed by atoms with Gasteiger partial charge in [0.25, 0.3) is 5.91 Å². The van der Waals surface area contributed by atoms with Crippen molar-refractivity contribution in [1.82, 2.24) is 4.90 Å². The average molecular weight is 307 g/mol. The van der Waals surface area contributed by atoms with Crippen LogP contribution >= 0.6 is 0 Å². The van der Waals surface area contributed by atoms with Crippen LogP contribution in [0.15, 0.2) is 18.2 Å². The number of amides is 2. The normalized spacial score (nSPS) is 13.9. The van der Waals surface area contributed by atoms with Crippen LogP contribution in [0.3, 0.4) is 0 Å². The number of rotatable bonds is 5. The molecule has 0 aliphatic carbocycles. The molecule has 1 aromatic carbocycles. The largest absolute Gasteiger partial charge is 0.493 e. The molecule has 1 aromatic rings. The fourth-order valence-electron chi connectivity index (χ4n) is 2.24. The number of methoxy groups -OCH3 is 2. The number of hydrogen-bond donors (Lipinski definition) is 0. The Bertz CT molecular complexity index is 598. The maximum Gasteiger partial charge on any atom is 0.342 e. The van der Waals surface area contributed by atoms with Gasteiger partial charge in [-0.15, -0.1) is 0 Å². The summed E-state index contributed by atoms with van der Waals surface area (Å²) in [4.78, 5) is 36.5. The monoisotopic (exact) mass is 307 g/mol. The SMILES string of the molecule is COc1cccc(C(=O)OCC(=O)N2CCCC2=O)c1OC. The van der Waals surface area contributed by atoms with Gasteiger partial charge in [0.2, 0.25) is 5.91 Å². The number of nitrogens with zero attached hydrogens (tertiary/aromatic N) is 1. The van der Waals surface area contributed by atoms with Crippen molar-refractivity contribution in [2.45, 2.75) is 12.8 Å². The fourth-order valence-corrected chi connectivity index (χ4v) is 2.24. The molecule has 1 fully saturated rings. The van der Waals surface area contributed by atoms with Gasteiger partial charge in [-0.05, 0) is 18.6 Å². The summed E-state index contributed by atoms with van der Waals surface area (Å²) in [6, 6.07) is 4.77. The zero-order chi connectivity index (χ0) is 16.1. The van der Waals surface area contributed by atoms with E-state index in [1.54, 1.807) is 12.1 Å². The van der Waals surface area contributed by atoms with Crippen LogP contribution in [0, 0.1) is 0 Å². The van der Waals surface area contributed by atoms with E-state index in [0.29, 0.717) is 25.1 Å². The number of carbonyl (C=O) groups is 3. The van der Waals surface area contributed by atoms with E-state index in [-0.39, 0.29) is 17.2 Å². The van der Waals surface area contributed by atoms with Crippen molar-refractivity contribution in [3.8, 4) is 11.5 Å².